The molecular weight excluding hydrogens is 516 g/mol. The van der Waals surface area contributed by atoms with Gasteiger partial charge in [-0.2, -0.15) is 0 Å². The molecule has 0 aliphatic carbocycles. The molecule has 0 amide bonds. The van der Waals surface area contributed by atoms with Crippen LogP contribution in [0.4, 0.5) is 0 Å². The summed E-state index contributed by atoms with van der Waals surface area (Å²) in [6.45, 7) is 0. The SMILES string of the molecule is COc1cc(CCC(=O)CC(=O)C=Cc2ccc(OC3OC(C(=O)O)C(O)C(O)C3O)c(OC)c2)ccc1O. The molecular formula is C27H30O12. The second-order valence-electron chi connectivity index (χ2n) is 8.78. The first-order valence-corrected chi connectivity index (χ1v) is 11.9. The lowest BCUT2D eigenvalue weighted by molar-refractivity contribution is -0.271. The Bertz CT molecular complexity index is 1220. The van der Waals surface area contributed by atoms with Crippen molar-refractivity contribution in [3.63, 3.8) is 0 Å². The number of aryl methyl sites for hydroxylation is 1. The van der Waals surface area contributed by atoms with E-state index in [1.807, 2.05) is 0 Å². The van der Waals surface area contributed by atoms with Crippen LogP contribution in [-0.4, -0.2) is 88.0 Å². The molecule has 5 N–H and O–H groups in total. The molecule has 1 heterocycles. The van der Waals surface area contributed by atoms with Gasteiger partial charge in [-0.05, 0) is 47.9 Å². The quantitative estimate of drug-likeness (QED) is 0.187. The maximum Gasteiger partial charge on any atom is 0.335 e. The fourth-order valence-corrected chi connectivity index (χ4v) is 3.85. The summed E-state index contributed by atoms with van der Waals surface area (Å²) in [7, 11) is 2.76. The predicted molar refractivity (Wildman–Crippen MR) is 135 cm³/mol. The Kier molecular flexibility index (Phi) is 10.0. The number of aliphatic hydroxyl groups is 3. The van der Waals surface area contributed by atoms with E-state index >= 15 is 0 Å². The zero-order valence-electron chi connectivity index (χ0n) is 21.2. The number of methoxy groups -OCH3 is 2. The number of hydrogen-bond donors (Lipinski definition) is 5. The van der Waals surface area contributed by atoms with E-state index < -0.39 is 42.5 Å². The van der Waals surface area contributed by atoms with Crippen molar-refractivity contribution in [3.05, 3.63) is 53.6 Å². The van der Waals surface area contributed by atoms with Crippen molar-refractivity contribution in [2.75, 3.05) is 14.2 Å². The van der Waals surface area contributed by atoms with Gasteiger partial charge in [0.15, 0.2) is 34.9 Å². The molecule has 0 bridgehead atoms. The topological polar surface area (TPSA) is 189 Å². The van der Waals surface area contributed by atoms with E-state index in [0.717, 1.165) is 5.56 Å². The largest absolute Gasteiger partial charge is 0.504 e. The van der Waals surface area contributed by atoms with Crippen LogP contribution < -0.4 is 14.2 Å². The maximum atomic E-state index is 12.3. The zero-order chi connectivity index (χ0) is 28.7. The number of carboxylic acids is 1. The summed E-state index contributed by atoms with van der Waals surface area (Å²) in [6.07, 6.45) is -5.91. The Balaban J connectivity index is 1.59. The van der Waals surface area contributed by atoms with Crippen LogP contribution in [0.5, 0.6) is 23.0 Å². The molecule has 0 aromatic heterocycles. The summed E-state index contributed by atoms with van der Waals surface area (Å²) >= 11 is 0. The van der Waals surface area contributed by atoms with Crippen LogP contribution in [0.25, 0.3) is 6.08 Å². The Labute approximate surface area is 223 Å². The van der Waals surface area contributed by atoms with Gasteiger partial charge in [0.2, 0.25) is 6.29 Å². The fourth-order valence-electron chi connectivity index (χ4n) is 3.85. The zero-order valence-corrected chi connectivity index (χ0v) is 21.2. The van der Waals surface area contributed by atoms with Gasteiger partial charge in [0, 0.05) is 6.42 Å². The molecule has 0 radical (unpaired) electrons. The van der Waals surface area contributed by atoms with Crippen molar-refractivity contribution in [1.29, 1.82) is 0 Å². The van der Waals surface area contributed by atoms with E-state index in [-0.39, 0.29) is 35.9 Å². The van der Waals surface area contributed by atoms with Crippen molar-refractivity contribution in [3.8, 4) is 23.0 Å². The third kappa shape index (κ3) is 7.54. The number of benzene rings is 2. The number of phenolic OH excluding ortho intramolecular Hbond substituents is 1. The predicted octanol–water partition coefficient (Wildman–Crippen LogP) is 0.855. The summed E-state index contributed by atoms with van der Waals surface area (Å²) < 4.78 is 20.9. The molecule has 2 aromatic carbocycles. The Morgan fingerprint density at radius 2 is 1.64 bits per heavy atom. The number of ether oxygens (including phenoxy) is 4. The van der Waals surface area contributed by atoms with Crippen LogP contribution >= 0.6 is 0 Å². The van der Waals surface area contributed by atoms with Gasteiger partial charge < -0.3 is 44.5 Å². The lowest BCUT2D eigenvalue weighted by Crippen LogP contribution is -2.61. The third-order valence-corrected chi connectivity index (χ3v) is 6.01. The van der Waals surface area contributed by atoms with Crippen LogP contribution in [0.1, 0.15) is 24.0 Å². The van der Waals surface area contributed by atoms with Crippen LogP contribution in [0.15, 0.2) is 42.5 Å². The van der Waals surface area contributed by atoms with E-state index in [9.17, 15) is 39.9 Å². The van der Waals surface area contributed by atoms with Crippen molar-refractivity contribution >= 4 is 23.6 Å². The highest BCUT2D eigenvalue weighted by Crippen LogP contribution is 2.32. The van der Waals surface area contributed by atoms with Crippen LogP contribution in [0.2, 0.25) is 0 Å². The second-order valence-corrected chi connectivity index (χ2v) is 8.78. The Morgan fingerprint density at radius 1 is 0.923 bits per heavy atom. The number of Topliss-reactive ketones (excluding diaryl/α,β-unsaturated/α-hetero) is 1. The number of aliphatic carboxylic acids is 1. The highest BCUT2D eigenvalue weighted by molar-refractivity contribution is 6.06. The van der Waals surface area contributed by atoms with Crippen LogP contribution in [0, 0.1) is 0 Å². The van der Waals surface area contributed by atoms with E-state index in [2.05, 4.69) is 0 Å². The number of carboxylic acid groups (broad SMARTS) is 1. The van der Waals surface area contributed by atoms with Gasteiger partial charge in [-0.15, -0.1) is 0 Å². The monoisotopic (exact) mass is 546 g/mol. The first-order valence-electron chi connectivity index (χ1n) is 11.9. The van der Waals surface area contributed by atoms with Gasteiger partial charge >= 0.3 is 5.97 Å². The molecule has 210 valence electrons. The number of aromatic hydroxyl groups is 1. The van der Waals surface area contributed by atoms with E-state index in [0.29, 0.717) is 17.7 Å². The van der Waals surface area contributed by atoms with Gasteiger partial charge in [0.05, 0.1) is 20.6 Å². The minimum absolute atomic E-state index is 0.00510. The number of carbonyl (C=O) groups is 3. The van der Waals surface area contributed by atoms with Gasteiger partial charge in [-0.25, -0.2) is 4.79 Å². The van der Waals surface area contributed by atoms with Crippen LogP contribution in [0.3, 0.4) is 0 Å². The van der Waals surface area contributed by atoms with Crippen LogP contribution in [-0.2, 0) is 25.5 Å². The number of phenols is 1. The Hall–Kier alpha value is -3.97. The summed E-state index contributed by atoms with van der Waals surface area (Å²) in [6, 6.07) is 9.23. The molecule has 12 heteroatoms. The average molecular weight is 547 g/mol. The van der Waals surface area contributed by atoms with E-state index in [1.54, 1.807) is 12.1 Å². The molecule has 2 aromatic rings. The number of rotatable bonds is 12. The fraction of sp³-hybridized carbons (Fsp3) is 0.370. The lowest BCUT2D eigenvalue weighted by atomic mass is 9.99. The molecule has 0 spiro atoms. The van der Waals surface area contributed by atoms with Crippen molar-refractivity contribution in [1.82, 2.24) is 0 Å². The molecule has 12 nitrogen and oxygen atoms in total. The summed E-state index contributed by atoms with van der Waals surface area (Å²) in [5, 5.41) is 48.7. The van der Waals surface area contributed by atoms with Crippen molar-refractivity contribution in [2.45, 2.75) is 50.0 Å². The lowest BCUT2D eigenvalue weighted by Gasteiger charge is -2.38. The maximum absolute atomic E-state index is 12.3. The molecule has 1 fully saturated rings. The van der Waals surface area contributed by atoms with Crippen molar-refractivity contribution in [2.24, 2.45) is 0 Å². The molecule has 5 unspecified atom stereocenters. The van der Waals surface area contributed by atoms with Gasteiger partial charge in [-0.1, -0.05) is 18.2 Å². The standard InChI is InChI=1S/C27H30O12/c1-36-20-11-14(5-9-18(20)30)3-7-16(28)13-17(29)8-4-15-6-10-19(21(12-15)37-2)38-27-24(33)22(31)23(32)25(39-27)26(34)35/h4-6,8-12,22-25,27,30-33H,3,7,13H2,1-2H3,(H,34,35). The van der Waals surface area contributed by atoms with E-state index in [1.165, 1.54) is 50.6 Å². The highest BCUT2D eigenvalue weighted by Gasteiger charge is 2.48. The molecule has 3 rings (SSSR count). The third-order valence-electron chi connectivity index (χ3n) is 6.01. The molecule has 5 atom stereocenters. The first kappa shape index (κ1) is 29.6. The summed E-state index contributed by atoms with van der Waals surface area (Å²) in [5.41, 5.74) is 1.30. The first-order chi connectivity index (χ1) is 18.5. The Morgan fingerprint density at radius 3 is 2.31 bits per heavy atom. The number of ketones is 2. The normalized spacial score (nSPS) is 22.8. The highest BCUT2D eigenvalue weighted by atomic mass is 16.7. The van der Waals surface area contributed by atoms with Gasteiger partial charge in [0.1, 0.15) is 24.1 Å². The molecule has 1 saturated heterocycles. The number of carbonyl (C=O) groups excluding carboxylic acids is 2. The number of allylic oxidation sites excluding steroid dienone is 1. The second kappa shape index (κ2) is 13.2. The molecule has 0 saturated carbocycles. The minimum Gasteiger partial charge on any atom is -0.504 e. The number of hydrogen-bond acceptors (Lipinski definition) is 11. The van der Waals surface area contributed by atoms with Gasteiger partial charge in [0.25, 0.3) is 0 Å². The molecule has 1 aliphatic heterocycles. The minimum atomic E-state index is -1.85. The molecule has 39 heavy (non-hydrogen) atoms. The average Bonchev–Trinajstić information content (AvgIpc) is 2.91. The summed E-state index contributed by atoms with van der Waals surface area (Å²) in [5.74, 6) is -1.72. The van der Waals surface area contributed by atoms with Gasteiger partial charge in [-0.3, -0.25) is 9.59 Å². The van der Waals surface area contributed by atoms with Crippen molar-refractivity contribution < 1.29 is 58.9 Å². The smallest absolute Gasteiger partial charge is 0.335 e. The number of aliphatic hydroxyl groups excluding tert-OH is 3. The summed E-state index contributed by atoms with van der Waals surface area (Å²) in [4.78, 5) is 35.8. The molecule has 1 aliphatic rings. The van der Waals surface area contributed by atoms with E-state index in [4.69, 9.17) is 18.9 Å².